The summed E-state index contributed by atoms with van der Waals surface area (Å²) in [6.07, 6.45) is 0.731. The smallest absolute Gasteiger partial charge is 0.275 e. The summed E-state index contributed by atoms with van der Waals surface area (Å²) in [5.41, 5.74) is -0.135. The number of hydrogen-bond acceptors (Lipinski definition) is 6. The molecule has 2 aromatic heterocycles. The van der Waals surface area contributed by atoms with E-state index in [0.29, 0.717) is 22.2 Å². The van der Waals surface area contributed by atoms with Gasteiger partial charge in [-0.3, -0.25) is 14.5 Å². The van der Waals surface area contributed by atoms with E-state index in [9.17, 15) is 22.8 Å². The van der Waals surface area contributed by atoms with Crippen molar-refractivity contribution in [2.45, 2.75) is 26.8 Å². The Labute approximate surface area is 167 Å². The molecule has 0 fully saturated rings. The third kappa shape index (κ3) is 4.80. The number of fused-ring (bicyclic) bond motifs is 1. The van der Waals surface area contributed by atoms with E-state index in [0.717, 1.165) is 18.6 Å². The predicted octanol–water partition coefficient (Wildman–Crippen LogP) is 2.73. The molecule has 2 heterocycles. The van der Waals surface area contributed by atoms with Crippen LogP contribution in [0.2, 0.25) is 0 Å². The van der Waals surface area contributed by atoms with Crippen molar-refractivity contribution in [1.82, 2.24) is 19.5 Å². The largest absolute Gasteiger partial charge is 0.322 e. The standard InChI is InChI=1S/C18H18F3N5O2S/c1-3-6-25(8-13(27)23-12-5-4-11(19)16(20)17(12)21)9-14-24-26-15(28)7-10(2)22-18(26)29-14/h4-5,7H,3,6,8-9H2,1-2H3,(H,23,27). The number of aromatic nitrogens is 3. The van der Waals surface area contributed by atoms with Crippen LogP contribution in [0.5, 0.6) is 0 Å². The van der Waals surface area contributed by atoms with Gasteiger partial charge in [0.15, 0.2) is 17.5 Å². The lowest BCUT2D eigenvalue weighted by molar-refractivity contribution is -0.117. The van der Waals surface area contributed by atoms with E-state index < -0.39 is 29.0 Å². The number of nitrogens with zero attached hydrogens (tertiary/aromatic N) is 4. The molecule has 29 heavy (non-hydrogen) atoms. The van der Waals surface area contributed by atoms with Crippen LogP contribution in [0.1, 0.15) is 24.0 Å². The number of anilines is 1. The SMILES string of the molecule is CCCN(CC(=O)Nc1ccc(F)c(F)c1F)Cc1nn2c(=O)cc(C)nc2s1. The summed E-state index contributed by atoms with van der Waals surface area (Å²) in [7, 11) is 0. The van der Waals surface area contributed by atoms with Crippen molar-refractivity contribution in [3.05, 3.63) is 56.7 Å². The van der Waals surface area contributed by atoms with E-state index in [1.54, 1.807) is 11.8 Å². The van der Waals surface area contributed by atoms with Gasteiger partial charge in [0.2, 0.25) is 10.9 Å². The number of carbonyl (C=O) groups is 1. The van der Waals surface area contributed by atoms with Gasteiger partial charge in [-0.05, 0) is 32.0 Å². The lowest BCUT2D eigenvalue weighted by atomic mass is 10.2. The normalized spacial score (nSPS) is 11.4. The molecular weight excluding hydrogens is 407 g/mol. The molecule has 11 heteroatoms. The average Bonchev–Trinajstić information content (AvgIpc) is 3.05. The Balaban J connectivity index is 1.73. The van der Waals surface area contributed by atoms with Crippen molar-refractivity contribution in [2.24, 2.45) is 0 Å². The van der Waals surface area contributed by atoms with Gasteiger partial charge in [-0.2, -0.15) is 9.61 Å². The maximum Gasteiger partial charge on any atom is 0.275 e. The Morgan fingerprint density at radius 3 is 2.76 bits per heavy atom. The third-order valence-corrected chi connectivity index (χ3v) is 4.88. The van der Waals surface area contributed by atoms with Crippen molar-refractivity contribution in [3.8, 4) is 0 Å². The fourth-order valence-electron chi connectivity index (χ4n) is 2.76. The Morgan fingerprint density at radius 2 is 2.03 bits per heavy atom. The molecule has 3 rings (SSSR count). The molecule has 0 atom stereocenters. The van der Waals surface area contributed by atoms with Crippen LogP contribution in [0.4, 0.5) is 18.9 Å². The molecule has 3 aromatic rings. The van der Waals surface area contributed by atoms with Crippen LogP contribution in [0.25, 0.3) is 4.96 Å². The molecule has 0 spiro atoms. The minimum atomic E-state index is -1.64. The van der Waals surface area contributed by atoms with Crippen LogP contribution in [0, 0.1) is 24.4 Å². The molecule has 0 aliphatic carbocycles. The molecule has 154 valence electrons. The number of benzene rings is 1. The average molecular weight is 425 g/mol. The Bertz CT molecular complexity index is 1110. The Hall–Kier alpha value is -2.79. The maximum atomic E-state index is 13.8. The van der Waals surface area contributed by atoms with Crippen molar-refractivity contribution < 1.29 is 18.0 Å². The molecule has 0 bridgehead atoms. The molecule has 1 amide bonds. The summed E-state index contributed by atoms with van der Waals surface area (Å²) in [6.45, 7) is 4.32. The highest BCUT2D eigenvalue weighted by molar-refractivity contribution is 7.16. The van der Waals surface area contributed by atoms with Gasteiger partial charge in [-0.1, -0.05) is 18.3 Å². The van der Waals surface area contributed by atoms with E-state index in [4.69, 9.17) is 0 Å². The zero-order chi connectivity index (χ0) is 21.1. The lowest BCUT2D eigenvalue weighted by Crippen LogP contribution is -2.33. The van der Waals surface area contributed by atoms with Gasteiger partial charge in [-0.15, -0.1) is 0 Å². The molecule has 0 aliphatic rings. The molecule has 1 aromatic carbocycles. The first-order chi connectivity index (χ1) is 13.8. The second-order valence-electron chi connectivity index (χ2n) is 6.41. The van der Waals surface area contributed by atoms with Gasteiger partial charge in [0.25, 0.3) is 5.56 Å². The zero-order valence-corrected chi connectivity index (χ0v) is 16.5. The number of aryl methyl sites for hydroxylation is 1. The van der Waals surface area contributed by atoms with Gasteiger partial charge in [0.1, 0.15) is 5.01 Å². The van der Waals surface area contributed by atoms with Crippen molar-refractivity contribution in [1.29, 1.82) is 0 Å². The minimum Gasteiger partial charge on any atom is -0.322 e. The minimum absolute atomic E-state index is 0.121. The summed E-state index contributed by atoms with van der Waals surface area (Å²) in [5.74, 6) is -5.01. The van der Waals surface area contributed by atoms with E-state index in [1.165, 1.54) is 21.9 Å². The zero-order valence-electron chi connectivity index (χ0n) is 15.7. The van der Waals surface area contributed by atoms with Gasteiger partial charge in [0, 0.05) is 11.8 Å². The maximum absolute atomic E-state index is 13.8. The number of rotatable bonds is 7. The Kier molecular flexibility index (Phi) is 6.28. The van der Waals surface area contributed by atoms with Crippen LogP contribution < -0.4 is 10.9 Å². The molecular formula is C18H18F3N5O2S. The second-order valence-corrected chi connectivity index (χ2v) is 7.45. The second kappa shape index (κ2) is 8.70. The fraction of sp³-hybridized carbons (Fsp3) is 0.333. The van der Waals surface area contributed by atoms with E-state index >= 15 is 0 Å². The summed E-state index contributed by atoms with van der Waals surface area (Å²) < 4.78 is 41.3. The molecule has 0 saturated carbocycles. The van der Waals surface area contributed by atoms with Crippen LogP contribution >= 0.6 is 11.3 Å². The molecule has 7 nitrogen and oxygen atoms in total. The van der Waals surface area contributed by atoms with Gasteiger partial charge < -0.3 is 5.32 Å². The van der Waals surface area contributed by atoms with Crippen LogP contribution in [0.3, 0.4) is 0 Å². The van der Waals surface area contributed by atoms with Gasteiger partial charge in [-0.25, -0.2) is 18.2 Å². The van der Waals surface area contributed by atoms with Crippen LogP contribution in [0.15, 0.2) is 23.0 Å². The number of amides is 1. The first-order valence-electron chi connectivity index (χ1n) is 8.80. The summed E-state index contributed by atoms with van der Waals surface area (Å²) in [4.78, 5) is 30.7. The number of hydrogen-bond donors (Lipinski definition) is 1. The Morgan fingerprint density at radius 1 is 1.28 bits per heavy atom. The van der Waals surface area contributed by atoms with Crippen molar-refractivity contribution in [2.75, 3.05) is 18.4 Å². The number of halogens is 3. The van der Waals surface area contributed by atoms with Crippen LogP contribution in [-0.2, 0) is 11.3 Å². The summed E-state index contributed by atoms with van der Waals surface area (Å²) >= 11 is 1.23. The van der Waals surface area contributed by atoms with E-state index in [-0.39, 0.29) is 18.6 Å². The summed E-state index contributed by atoms with van der Waals surface area (Å²) in [5, 5.41) is 7.07. The van der Waals surface area contributed by atoms with Gasteiger partial charge >= 0.3 is 0 Å². The fourth-order valence-corrected chi connectivity index (χ4v) is 3.75. The lowest BCUT2D eigenvalue weighted by Gasteiger charge is -2.19. The molecule has 0 saturated heterocycles. The highest BCUT2D eigenvalue weighted by atomic mass is 32.1. The summed E-state index contributed by atoms with van der Waals surface area (Å²) in [6, 6.07) is 3.08. The third-order valence-electron chi connectivity index (χ3n) is 3.99. The first kappa shape index (κ1) is 20.9. The number of nitrogens with one attached hydrogen (secondary N) is 1. The van der Waals surface area contributed by atoms with Crippen molar-refractivity contribution in [3.63, 3.8) is 0 Å². The van der Waals surface area contributed by atoms with Crippen molar-refractivity contribution >= 4 is 27.9 Å². The number of carbonyl (C=O) groups excluding carboxylic acids is 1. The van der Waals surface area contributed by atoms with Gasteiger partial charge in [0.05, 0.1) is 18.8 Å². The van der Waals surface area contributed by atoms with Crippen LogP contribution in [-0.4, -0.2) is 38.5 Å². The highest BCUT2D eigenvalue weighted by Gasteiger charge is 2.18. The first-order valence-corrected chi connectivity index (χ1v) is 9.62. The monoisotopic (exact) mass is 425 g/mol. The molecule has 1 N–H and O–H groups in total. The predicted molar refractivity (Wildman–Crippen MR) is 102 cm³/mol. The highest BCUT2D eigenvalue weighted by Crippen LogP contribution is 2.20. The quantitative estimate of drug-likeness (QED) is 0.589. The molecule has 0 radical (unpaired) electrons. The molecule has 0 unspecified atom stereocenters. The molecule has 0 aliphatic heterocycles. The van der Waals surface area contributed by atoms with E-state index in [2.05, 4.69) is 15.4 Å². The van der Waals surface area contributed by atoms with E-state index in [1.807, 2.05) is 6.92 Å². The topological polar surface area (TPSA) is 79.6 Å².